The number of hydrogen-bond acceptors (Lipinski definition) is 6. The van der Waals surface area contributed by atoms with Crippen LogP contribution < -0.4 is 5.32 Å². The molecule has 0 amide bonds. The number of aryl methyl sites for hydroxylation is 2. The van der Waals surface area contributed by atoms with Gasteiger partial charge in [-0.1, -0.05) is 6.07 Å². The largest absolute Gasteiger partial charge is 0.331 e. The van der Waals surface area contributed by atoms with Gasteiger partial charge >= 0.3 is 0 Å². The second kappa shape index (κ2) is 7.35. The Labute approximate surface area is 179 Å². The number of rotatable bonds is 5. The number of pyridine rings is 1. The van der Waals surface area contributed by atoms with Crippen molar-refractivity contribution < 1.29 is 0 Å². The van der Waals surface area contributed by atoms with Crippen LogP contribution in [-0.4, -0.2) is 38.9 Å². The first kappa shape index (κ1) is 19.0. The van der Waals surface area contributed by atoms with Crippen LogP contribution in [0.1, 0.15) is 25.5 Å². The summed E-state index contributed by atoms with van der Waals surface area (Å²) in [6, 6.07) is 8.04. The molecular weight excluding hydrogens is 390 g/mol. The molecule has 0 spiro atoms. The van der Waals surface area contributed by atoms with Gasteiger partial charge in [0.25, 0.3) is 0 Å². The molecule has 0 aliphatic carbocycles. The summed E-state index contributed by atoms with van der Waals surface area (Å²) in [5.41, 5.74) is 3.82. The van der Waals surface area contributed by atoms with Crippen LogP contribution in [-0.2, 0) is 7.05 Å². The van der Waals surface area contributed by atoms with Crippen LogP contribution in [0.25, 0.3) is 28.4 Å². The number of imidazole rings is 1. The maximum atomic E-state index is 4.81. The highest BCUT2D eigenvalue weighted by Crippen LogP contribution is 2.32. The zero-order chi connectivity index (χ0) is 21.5. The Morgan fingerprint density at radius 3 is 2.55 bits per heavy atom. The summed E-state index contributed by atoms with van der Waals surface area (Å²) in [5.74, 6) is 2.58. The molecule has 5 aromatic rings. The Balaban J connectivity index is 1.71. The van der Waals surface area contributed by atoms with E-state index in [4.69, 9.17) is 15.2 Å². The number of nitrogens with zero attached hydrogens (tertiary/aromatic N) is 8. The third-order valence-electron chi connectivity index (χ3n) is 5.23. The fraction of sp³-hybridized carbons (Fsp3) is 0.227. The highest BCUT2D eigenvalue weighted by atomic mass is 15.3. The smallest absolute Gasteiger partial charge is 0.218 e. The maximum absolute atomic E-state index is 4.81. The number of anilines is 2. The Kier molecular flexibility index (Phi) is 4.50. The Morgan fingerprint density at radius 1 is 1.00 bits per heavy atom. The fourth-order valence-corrected chi connectivity index (χ4v) is 3.58. The van der Waals surface area contributed by atoms with Crippen LogP contribution in [0, 0.1) is 6.92 Å². The van der Waals surface area contributed by atoms with E-state index in [0.717, 1.165) is 22.3 Å². The third-order valence-corrected chi connectivity index (χ3v) is 5.23. The minimum atomic E-state index is 0.294. The second-order valence-corrected chi connectivity index (χ2v) is 7.72. The zero-order valence-electron chi connectivity index (χ0n) is 17.9. The summed E-state index contributed by atoms with van der Waals surface area (Å²) < 4.78 is 5.70. The number of fused-ring (bicyclic) bond motifs is 1. The van der Waals surface area contributed by atoms with Gasteiger partial charge in [0.1, 0.15) is 11.3 Å². The van der Waals surface area contributed by atoms with E-state index in [1.165, 1.54) is 0 Å². The number of hydrogen-bond donors (Lipinski definition) is 1. The molecule has 0 saturated heterocycles. The van der Waals surface area contributed by atoms with Crippen LogP contribution in [0.4, 0.5) is 11.6 Å². The summed E-state index contributed by atoms with van der Waals surface area (Å²) in [7, 11) is 1.92. The molecular formula is C22H23N9. The van der Waals surface area contributed by atoms with Gasteiger partial charge in [-0.3, -0.25) is 4.68 Å². The quantitative estimate of drug-likeness (QED) is 0.468. The van der Waals surface area contributed by atoms with Crippen LogP contribution in [0.5, 0.6) is 0 Å². The van der Waals surface area contributed by atoms with Gasteiger partial charge in [-0.25, -0.2) is 19.5 Å². The molecule has 1 N–H and O–H groups in total. The van der Waals surface area contributed by atoms with Crippen molar-refractivity contribution in [3.8, 4) is 22.9 Å². The predicted molar refractivity (Wildman–Crippen MR) is 119 cm³/mol. The first-order valence-electron chi connectivity index (χ1n) is 10.1. The van der Waals surface area contributed by atoms with Crippen molar-refractivity contribution in [2.75, 3.05) is 5.32 Å². The van der Waals surface area contributed by atoms with E-state index in [2.05, 4.69) is 36.1 Å². The average molecular weight is 413 g/mol. The molecule has 0 aliphatic heterocycles. The minimum Gasteiger partial charge on any atom is -0.331 e. The zero-order valence-corrected chi connectivity index (χ0v) is 17.9. The van der Waals surface area contributed by atoms with Crippen molar-refractivity contribution in [1.29, 1.82) is 0 Å². The van der Waals surface area contributed by atoms with E-state index in [0.29, 0.717) is 29.3 Å². The normalized spacial score (nSPS) is 11.5. The molecule has 5 rings (SSSR count). The molecule has 0 saturated carbocycles. The summed E-state index contributed by atoms with van der Waals surface area (Å²) >= 11 is 0. The number of nitrogens with one attached hydrogen (secondary N) is 1. The standard InChI is InChI=1S/C22H23N9/c1-14(2)30-11-8-17(27-30)16-13-31-19(15(16)3)20(25-18-7-5-6-9-23-18)26-21(28-31)22-24-10-12-29(22)4/h5-14H,1-4H3,(H,23,25,26,28). The van der Waals surface area contributed by atoms with Crippen LogP contribution in [0.15, 0.2) is 55.2 Å². The molecule has 0 bridgehead atoms. The van der Waals surface area contributed by atoms with Gasteiger partial charge in [0, 0.05) is 49.6 Å². The second-order valence-electron chi connectivity index (χ2n) is 7.72. The molecule has 5 aromatic heterocycles. The van der Waals surface area contributed by atoms with Gasteiger partial charge in [-0.2, -0.15) is 5.10 Å². The SMILES string of the molecule is Cc1c(-c2ccn(C(C)C)n2)cn2nc(-c3nccn3C)nc(Nc3ccccn3)c12. The Bertz CT molecular complexity index is 1360. The molecule has 0 unspecified atom stereocenters. The lowest BCUT2D eigenvalue weighted by Crippen LogP contribution is -2.06. The van der Waals surface area contributed by atoms with Crippen molar-refractivity contribution in [3.63, 3.8) is 0 Å². The van der Waals surface area contributed by atoms with Gasteiger partial charge in [0.15, 0.2) is 11.6 Å². The molecule has 0 fully saturated rings. The molecule has 9 heteroatoms. The maximum Gasteiger partial charge on any atom is 0.218 e. The van der Waals surface area contributed by atoms with Crippen molar-refractivity contribution in [1.82, 2.24) is 38.9 Å². The molecule has 0 radical (unpaired) electrons. The first-order chi connectivity index (χ1) is 15.0. The van der Waals surface area contributed by atoms with Crippen LogP contribution >= 0.6 is 0 Å². The van der Waals surface area contributed by atoms with E-state index >= 15 is 0 Å². The van der Waals surface area contributed by atoms with Crippen molar-refractivity contribution in [2.24, 2.45) is 7.05 Å². The van der Waals surface area contributed by atoms with Crippen molar-refractivity contribution in [3.05, 3.63) is 60.8 Å². The topological polar surface area (TPSA) is 90.8 Å². The van der Waals surface area contributed by atoms with Gasteiger partial charge in [-0.15, -0.1) is 5.10 Å². The lowest BCUT2D eigenvalue weighted by Gasteiger charge is -2.10. The number of aromatic nitrogens is 8. The third kappa shape index (κ3) is 3.33. The first-order valence-corrected chi connectivity index (χ1v) is 10.1. The summed E-state index contributed by atoms with van der Waals surface area (Å²) in [6.07, 6.45) is 9.35. The van der Waals surface area contributed by atoms with Gasteiger partial charge in [0.2, 0.25) is 5.82 Å². The van der Waals surface area contributed by atoms with Gasteiger partial charge in [-0.05, 0) is 44.5 Å². The van der Waals surface area contributed by atoms with Crippen LogP contribution in [0.3, 0.4) is 0 Å². The monoisotopic (exact) mass is 413 g/mol. The fourth-order valence-electron chi connectivity index (χ4n) is 3.58. The summed E-state index contributed by atoms with van der Waals surface area (Å²) in [6.45, 7) is 6.28. The van der Waals surface area contributed by atoms with E-state index in [1.54, 1.807) is 12.4 Å². The molecule has 0 atom stereocenters. The molecule has 31 heavy (non-hydrogen) atoms. The highest BCUT2D eigenvalue weighted by molar-refractivity contribution is 5.83. The Hall–Kier alpha value is -4.01. The summed E-state index contributed by atoms with van der Waals surface area (Å²) in [5, 5.41) is 12.9. The van der Waals surface area contributed by atoms with E-state index in [-0.39, 0.29) is 0 Å². The lowest BCUT2D eigenvalue weighted by molar-refractivity contribution is 0.534. The van der Waals surface area contributed by atoms with Gasteiger partial charge in [0.05, 0.1) is 5.69 Å². The molecule has 9 nitrogen and oxygen atoms in total. The predicted octanol–water partition coefficient (Wildman–Crippen LogP) is 4.02. The van der Waals surface area contributed by atoms with Crippen molar-refractivity contribution >= 4 is 17.2 Å². The van der Waals surface area contributed by atoms with E-state index in [1.807, 2.05) is 63.7 Å². The molecule has 0 aromatic carbocycles. The molecule has 156 valence electrons. The Morgan fingerprint density at radius 2 is 1.87 bits per heavy atom. The van der Waals surface area contributed by atoms with E-state index < -0.39 is 0 Å². The van der Waals surface area contributed by atoms with E-state index in [9.17, 15) is 0 Å². The van der Waals surface area contributed by atoms with Crippen molar-refractivity contribution in [2.45, 2.75) is 26.8 Å². The lowest BCUT2D eigenvalue weighted by atomic mass is 10.1. The molecule has 5 heterocycles. The average Bonchev–Trinajstić information content (AvgIpc) is 3.47. The van der Waals surface area contributed by atoms with Gasteiger partial charge < -0.3 is 9.88 Å². The highest BCUT2D eigenvalue weighted by Gasteiger charge is 2.20. The molecule has 0 aliphatic rings. The summed E-state index contributed by atoms with van der Waals surface area (Å²) in [4.78, 5) is 13.6. The minimum absolute atomic E-state index is 0.294. The van der Waals surface area contributed by atoms with Crippen LogP contribution in [0.2, 0.25) is 0 Å².